The minimum absolute atomic E-state index is 0.451. The molecule has 0 N–H and O–H groups in total. The van der Waals surface area contributed by atoms with Crippen molar-refractivity contribution in [1.29, 1.82) is 0 Å². The Morgan fingerprint density at radius 2 is 2.00 bits per heavy atom. The van der Waals surface area contributed by atoms with Gasteiger partial charge in [-0.05, 0) is 25.1 Å². The molecule has 0 aliphatic rings. The first-order valence-corrected chi connectivity index (χ1v) is 7.46. The third kappa shape index (κ3) is 3.95. The zero-order valence-corrected chi connectivity index (χ0v) is 13.2. The number of aryl methyl sites for hydroxylation is 1. The van der Waals surface area contributed by atoms with Crippen LogP contribution >= 0.6 is 0 Å². The summed E-state index contributed by atoms with van der Waals surface area (Å²) in [6.45, 7) is 3.38. The van der Waals surface area contributed by atoms with Gasteiger partial charge in [0.1, 0.15) is 5.69 Å². The first-order chi connectivity index (χ1) is 11.2. The van der Waals surface area contributed by atoms with E-state index in [4.69, 9.17) is 4.52 Å². The van der Waals surface area contributed by atoms with Crippen LogP contribution in [-0.4, -0.2) is 37.0 Å². The van der Waals surface area contributed by atoms with E-state index in [-0.39, 0.29) is 0 Å². The van der Waals surface area contributed by atoms with Crippen LogP contribution in [0, 0.1) is 0 Å². The fourth-order valence-corrected chi connectivity index (χ4v) is 2.16. The highest BCUT2D eigenvalue weighted by Crippen LogP contribution is 2.12. The van der Waals surface area contributed by atoms with E-state index in [1.54, 1.807) is 18.6 Å². The molecule has 0 unspecified atom stereocenters. The van der Waals surface area contributed by atoms with Gasteiger partial charge in [0.05, 0.1) is 18.4 Å². The summed E-state index contributed by atoms with van der Waals surface area (Å²) < 4.78 is 5.27. The second kappa shape index (κ2) is 7.06. The van der Waals surface area contributed by atoms with Crippen molar-refractivity contribution in [2.45, 2.75) is 26.4 Å². The van der Waals surface area contributed by atoms with E-state index >= 15 is 0 Å². The van der Waals surface area contributed by atoms with Gasteiger partial charge >= 0.3 is 0 Å². The summed E-state index contributed by atoms with van der Waals surface area (Å²) >= 11 is 0. The third-order valence-corrected chi connectivity index (χ3v) is 3.39. The smallest absolute Gasteiger partial charge is 0.241 e. The number of nitrogens with zero attached hydrogens (tertiary/aromatic N) is 6. The van der Waals surface area contributed by atoms with Crippen molar-refractivity contribution in [3.05, 3.63) is 54.1 Å². The van der Waals surface area contributed by atoms with E-state index in [9.17, 15) is 0 Å². The molecule has 3 aromatic heterocycles. The molecule has 0 aliphatic carbocycles. The van der Waals surface area contributed by atoms with Crippen molar-refractivity contribution in [1.82, 2.24) is 30.0 Å². The lowest BCUT2D eigenvalue weighted by Gasteiger charge is -2.13. The monoisotopic (exact) mass is 310 g/mol. The standard InChI is InChI=1S/C16H18N6O/c1-3-12-4-5-13(19-8-12)10-22(2)11-15-20-16(21-23-15)14-9-17-6-7-18-14/h4-9H,3,10-11H2,1-2H3. The highest BCUT2D eigenvalue weighted by atomic mass is 16.5. The van der Waals surface area contributed by atoms with Gasteiger partial charge in [0.15, 0.2) is 0 Å². The van der Waals surface area contributed by atoms with Crippen LogP contribution in [0.1, 0.15) is 24.1 Å². The van der Waals surface area contributed by atoms with Gasteiger partial charge in [-0.25, -0.2) is 4.98 Å². The van der Waals surface area contributed by atoms with Gasteiger partial charge in [-0.3, -0.25) is 14.9 Å². The van der Waals surface area contributed by atoms with Crippen LogP contribution in [0.3, 0.4) is 0 Å². The predicted molar refractivity (Wildman–Crippen MR) is 84.1 cm³/mol. The Labute approximate surface area is 134 Å². The highest BCUT2D eigenvalue weighted by molar-refractivity contribution is 5.45. The summed E-state index contributed by atoms with van der Waals surface area (Å²) in [7, 11) is 1.99. The molecular weight excluding hydrogens is 292 g/mol. The molecule has 7 nitrogen and oxygen atoms in total. The molecule has 23 heavy (non-hydrogen) atoms. The molecule has 3 heterocycles. The number of rotatable bonds is 6. The van der Waals surface area contributed by atoms with E-state index in [0.717, 1.165) is 12.1 Å². The Balaban J connectivity index is 1.61. The molecule has 0 radical (unpaired) electrons. The quantitative estimate of drug-likeness (QED) is 0.689. The van der Waals surface area contributed by atoms with Crippen molar-refractivity contribution >= 4 is 0 Å². The van der Waals surface area contributed by atoms with E-state index in [2.05, 4.69) is 43.0 Å². The maximum Gasteiger partial charge on any atom is 0.241 e. The summed E-state index contributed by atoms with van der Waals surface area (Å²) in [5.41, 5.74) is 2.85. The van der Waals surface area contributed by atoms with E-state index in [1.807, 2.05) is 19.3 Å². The zero-order chi connectivity index (χ0) is 16.1. The van der Waals surface area contributed by atoms with Gasteiger partial charge in [0.2, 0.25) is 11.7 Å². The molecule has 0 spiro atoms. The maximum atomic E-state index is 5.27. The van der Waals surface area contributed by atoms with Crippen molar-refractivity contribution in [2.75, 3.05) is 7.05 Å². The predicted octanol–water partition coefficient (Wildman–Crippen LogP) is 2.12. The Hall–Kier alpha value is -2.67. The van der Waals surface area contributed by atoms with Gasteiger partial charge in [-0.15, -0.1) is 0 Å². The van der Waals surface area contributed by atoms with Crippen LogP contribution < -0.4 is 0 Å². The second-order valence-corrected chi connectivity index (χ2v) is 5.29. The number of hydrogen-bond acceptors (Lipinski definition) is 7. The first kappa shape index (κ1) is 15.2. The molecule has 0 fully saturated rings. The van der Waals surface area contributed by atoms with Crippen LogP contribution in [0.5, 0.6) is 0 Å². The van der Waals surface area contributed by atoms with Crippen molar-refractivity contribution in [3.8, 4) is 11.5 Å². The third-order valence-electron chi connectivity index (χ3n) is 3.39. The SMILES string of the molecule is CCc1ccc(CN(C)Cc2nc(-c3cnccn3)no2)nc1. The normalized spacial score (nSPS) is 11.1. The van der Waals surface area contributed by atoms with Gasteiger partial charge in [-0.1, -0.05) is 18.1 Å². The molecule has 118 valence electrons. The van der Waals surface area contributed by atoms with Crippen LogP contribution in [0.2, 0.25) is 0 Å². The molecular formula is C16H18N6O. The number of pyridine rings is 1. The zero-order valence-electron chi connectivity index (χ0n) is 13.2. The average molecular weight is 310 g/mol. The van der Waals surface area contributed by atoms with Crippen LogP contribution in [0.15, 0.2) is 41.4 Å². The fraction of sp³-hybridized carbons (Fsp3) is 0.312. The molecule has 0 aliphatic heterocycles. The summed E-state index contributed by atoms with van der Waals surface area (Å²) in [5.74, 6) is 0.991. The summed E-state index contributed by atoms with van der Waals surface area (Å²) in [6.07, 6.45) is 7.73. The number of hydrogen-bond donors (Lipinski definition) is 0. The van der Waals surface area contributed by atoms with E-state index in [1.165, 1.54) is 5.56 Å². The molecule has 7 heteroatoms. The van der Waals surface area contributed by atoms with Crippen LogP contribution in [0.25, 0.3) is 11.5 Å². The fourth-order valence-electron chi connectivity index (χ4n) is 2.16. The van der Waals surface area contributed by atoms with E-state index < -0.39 is 0 Å². The lowest BCUT2D eigenvalue weighted by Crippen LogP contribution is -2.18. The number of aromatic nitrogens is 5. The summed E-state index contributed by atoms with van der Waals surface area (Å²) in [6, 6.07) is 4.16. The van der Waals surface area contributed by atoms with Crippen molar-refractivity contribution in [3.63, 3.8) is 0 Å². The average Bonchev–Trinajstić information content (AvgIpc) is 3.04. The Morgan fingerprint density at radius 1 is 1.09 bits per heavy atom. The minimum Gasteiger partial charge on any atom is -0.337 e. The molecule has 0 saturated heterocycles. The maximum absolute atomic E-state index is 5.27. The Bertz CT molecular complexity index is 741. The van der Waals surface area contributed by atoms with Gasteiger partial charge < -0.3 is 4.52 Å². The molecule has 0 saturated carbocycles. The largest absolute Gasteiger partial charge is 0.337 e. The first-order valence-electron chi connectivity index (χ1n) is 7.46. The van der Waals surface area contributed by atoms with Gasteiger partial charge in [0.25, 0.3) is 0 Å². The van der Waals surface area contributed by atoms with Crippen molar-refractivity contribution in [2.24, 2.45) is 0 Å². The van der Waals surface area contributed by atoms with E-state index in [0.29, 0.717) is 30.5 Å². The molecule has 0 bridgehead atoms. The van der Waals surface area contributed by atoms with Gasteiger partial charge in [0, 0.05) is 25.1 Å². The Kier molecular flexibility index (Phi) is 4.68. The summed E-state index contributed by atoms with van der Waals surface area (Å²) in [5, 5.41) is 3.94. The molecule has 0 aromatic carbocycles. The lowest BCUT2D eigenvalue weighted by atomic mass is 10.2. The molecule has 0 amide bonds. The molecule has 0 atom stereocenters. The topological polar surface area (TPSA) is 80.8 Å². The highest BCUT2D eigenvalue weighted by Gasteiger charge is 2.12. The van der Waals surface area contributed by atoms with Crippen LogP contribution in [-0.2, 0) is 19.5 Å². The molecule has 3 rings (SSSR count). The second-order valence-electron chi connectivity index (χ2n) is 5.29. The molecule has 3 aromatic rings. The minimum atomic E-state index is 0.451. The van der Waals surface area contributed by atoms with Gasteiger partial charge in [-0.2, -0.15) is 4.98 Å². The lowest BCUT2D eigenvalue weighted by molar-refractivity contribution is 0.258. The van der Waals surface area contributed by atoms with Crippen LogP contribution in [0.4, 0.5) is 0 Å². The van der Waals surface area contributed by atoms with Crippen molar-refractivity contribution < 1.29 is 4.52 Å². The summed E-state index contributed by atoms with van der Waals surface area (Å²) in [4.78, 5) is 19.0. The Morgan fingerprint density at radius 3 is 2.70 bits per heavy atom.